The fraction of sp³-hybridized carbons (Fsp3) is 0.375. The van der Waals surface area contributed by atoms with Crippen molar-refractivity contribution in [3.8, 4) is 5.75 Å². The van der Waals surface area contributed by atoms with E-state index >= 15 is 0 Å². The molecule has 0 atom stereocenters. The summed E-state index contributed by atoms with van der Waals surface area (Å²) in [5.41, 5.74) is 10.2. The standard InChI is InChI=1S/C16H21NO2/c1-10-5-6-11(2)16(12(10)3)18-9-15-7-14(8-17)13(4)19-15/h5-7H,8-9,17H2,1-4H3. The molecule has 0 aliphatic heterocycles. The second kappa shape index (κ2) is 5.49. The van der Waals surface area contributed by atoms with Crippen LogP contribution in [0.25, 0.3) is 0 Å². The van der Waals surface area contributed by atoms with E-state index in [2.05, 4.69) is 32.9 Å². The van der Waals surface area contributed by atoms with Crippen LogP contribution in [0.5, 0.6) is 5.75 Å². The summed E-state index contributed by atoms with van der Waals surface area (Å²) in [7, 11) is 0. The van der Waals surface area contributed by atoms with E-state index in [1.807, 2.05) is 13.0 Å². The highest BCUT2D eigenvalue weighted by molar-refractivity contribution is 5.44. The van der Waals surface area contributed by atoms with Gasteiger partial charge >= 0.3 is 0 Å². The van der Waals surface area contributed by atoms with Crippen LogP contribution in [0.1, 0.15) is 33.8 Å². The Morgan fingerprint density at radius 1 is 1.11 bits per heavy atom. The first kappa shape index (κ1) is 13.7. The zero-order valence-electron chi connectivity index (χ0n) is 12.0. The average Bonchev–Trinajstić information content (AvgIpc) is 2.74. The second-order valence-corrected chi connectivity index (χ2v) is 4.94. The van der Waals surface area contributed by atoms with Crippen molar-refractivity contribution in [1.82, 2.24) is 0 Å². The molecule has 0 aliphatic rings. The van der Waals surface area contributed by atoms with Crippen molar-refractivity contribution in [1.29, 1.82) is 0 Å². The average molecular weight is 259 g/mol. The van der Waals surface area contributed by atoms with E-state index in [0.717, 1.165) is 28.4 Å². The molecule has 19 heavy (non-hydrogen) atoms. The Hall–Kier alpha value is -1.74. The van der Waals surface area contributed by atoms with E-state index in [4.69, 9.17) is 14.9 Å². The van der Waals surface area contributed by atoms with Gasteiger partial charge in [-0.05, 0) is 50.5 Å². The Morgan fingerprint density at radius 3 is 2.42 bits per heavy atom. The van der Waals surface area contributed by atoms with Gasteiger partial charge in [0.2, 0.25) is 0 Å². The van der Waals surface area contributed by atoms with Crippen LogP contribution in [0.4, 0.5) is 0 Å². The lowest BCUT2D eigenvalue weighted by Gasteiger charge is -2.12. The highest BCUT2D eigenvalue weighted by atomic mass is 16.5. The lowest BCUT2D eigenvalue weighted by Crippen LogP contribution is -1.99. The SMILES string of the molecule is Cc1ccc(C)c(OCc2cc(CN)c(C)o2)c1C. The Labute approximate surface area is 114 Å². The molecule has 1 aromatic heterocycles. The summed E-state index contributed by atoms with van der Waals surface area (Å²) < 4.78 is 11.5. The molecule has 0 unspecified atom stereocenters. The minimum absolute atomic E-state index is 0.436. The number of benzene rings is 1. The van der Waals surface area contributed by atoms with Crippen molar-refractivity contribution in [2.45, 2.75) is 40.8 Å². The molecule has 0 saturated heterocycles. The van der Waals surface area contributed by atoms with Crippen molar-refractivity contribution in [2.75, 3.05) is 0 Å². The molecule has 3 heteroatoms. The monoisotopic (exact) mass is 259 g/mol. The third-order valence-electron chi connectivity index (χ3n) is 3.52. The predicted octanol–water partition coefficient (Wildman–Crippen LogP) is 3.55. The van der Waals surface area contributed by atoms with Gasteiger partial charge in [-0.2, -0.15) is 0 Å². The second-order valence-electron chi connectivity index (χ2n) is 4.94. The molecule has 0 saturated carbocycles. The Balaban J connectivity index is 2.16. The molecule has 3 nitrogen and oxygen atoms in total. The highest BCUT2D eigenvalue weighted by Gasteiger charge is 2.10. The van der Waals surface area contributed by atoms with E-state index < -0.39 is 0 Å². The Morgan fingerprint density at radius 2 is 1.79 bits per heavy atom. The first-order valence-corrected chi connectivity index (χ1v) is 6.50. The van der Waals surface area contributed by atoms with Crippen molar-refractivity contribution >= 4 is 0 Å². The maximum absolute atomic E-state index is 5.91. The van der Waals surface area contributed by atoms with Gasteiger partial charge in [0.05, 0.1) is 0 Å². The lowest BCUT2D eigenvalue weighted by atomic mass is 10.1. The number of furan rings is 1. The summed E-state index contributed by atoms with van der Waals surface area (Å²) in [6.45, 7) is 9.08. The molecular formula is C16H21NO2. The van der Waals surface area contributed by atoms with Crippen LogP contribution < -0.4 is 10.5 Å². The quantitative estimate of drug-likeness (QED) is 0.913. The smallest absolute Gasteiger partial charge is 0.146 e. The molecule has 2 rings (SSSR count). The zero-order valence-corrected chi connectivity index (χ0v) is 12.0. The highest BCUT2D eigenvalue weighted by Crippen LogP contribution is 2.27. The largest absolute Gasteiger partial charge is 0.485 e. The van der Waals surface area contributed by atoms with Crippen LogP contribution in [0.3, 0.4) is 0 Å². The molecule has 0 spiro atoms. The number of hydrogen-bond donors (Lipinski definition) is 1. The van der Waals surface area contributed by atoms with Gasteiger partial charge in [-0.3, -0.25) is 0 Å². The number of aryl methyl sites for hydroxylation is 3. The van der Waals surface area contributed by atoms with E-state index in [1.165, 1.54) is 11.1 Å². The summed E-state index contributed by atoms with van der Waals surface area (Å²) in [5.74, 6) is 2.64. The van der Waals surface area contributed by atoms with Crippen LogP contribution in [-0.4, -0.2) is 0 Å². The van der Waals surface area contributed by atoms with Gasteiger partial charge < -0.3 is 14.9 Å². The minimum Gasteiger partial charge on any atom is -0.485 e. The molecular weight excluding hydrogens is 238 g/mol. The van der Waals surface area contributed by atoms with Gasteiger partial charge in [-0.25, -0.2) is 0 Å². The molecule has 1 aromatic carbocycles. The predicted molar refractivity (Wildman–Crippen MR) is 76.3 cm³/mol. The molecule has 0 bridgehead atoms. The molecule has 0 amide bonds. The van der Waals surface area contributed by atoms with Gasteiger partial charge in [-0.1, -0.05) is 12.1 Å². The number of rotatable bonds is 4. The van der Waals surface area contributed by atoms with Gasteiger partial charge in [0, 0.05) is 12.1 Å². The first-order chi connectivity index (χ1) is 9.02. The molecule has 1 heterocycles. The summed E-state index contributed by atoms with van der Waals surface area (Å²) in [6.07, 6.45) is 0. The molecule has 0 radical (unpaired) electrons. The van der Waals surface area contributed by atoms with Crippen LogP contribution in [0, 0.1) is 27.7 Å². The van der Waals surface area contributed by atoms with Crippen LogP contribution in [0.15, 0.2) is 22.6 Å². The zero-order chi connectivity index (χ0) is 14.0. The molecule has 0 aliphatic carbocycles. The van der Waals surface area contributed by atoms with Crippen molar-refractivity contribution in [2.24, 2.45) is 5.73 Å². The van der Waals surface area contributed by atoms with Crippen molar-refractivity contribution in [3.63, 3.8) is 0 Å². The topological polar surface area (TPSA) is 48.4 Å². The summed E-state index contributed by atoms with van der Waals surface area (Å²) in [5, 5.41) is 0. The maximum atomic E-state index is 5.91. The Kier molecular flexibility index (Phi) is 3.96. The van der Waals surface area contributed by atoms with E-state index in [-0.39, 0.29) is 0 Å². The van der Waals surface area contributed by atoms with E-state index in [1.54, 1.807) is 0 Å². The maximum Gasteiger partial charge on any atom is 0.146 e. The lowest BCUT2D eigenvalue weighted by molar-refractivity contribution is 0.264. The van der Waals surface area contributed by atoms with Crippen molar-refractivity contribution in [3.05, 3.63) is 52.0 Å². The van der Waals surface area contributed by atoms with E-state index in [9.17, 15) is 0 Å². The summed E-state index contributed by atoms with van der Waals surface area (Å²) >= 11 is 0. The van der Waals surface area contributed by atoms with Crippen LogP contribution in [-0.2, 0) is 13.2 Å². The normalized spacial score (nSPS) is 10.8. The van der Waals surface area contributed by atoms with Gasteiger partial charge in [0.1, 0.15) is 23.9 Å². The summed E-state index contributed by atoms with van der Waals surface area (Å²) in [6, 6.07) is 6.16. The molecule has 102 valence electrons. The fourth-order valence-electron chi connectivity index (χ4n) is 2.15. The third-order valence-corrected chi connectivity index (χ3v) is 3.52. The minimum atomic E-state index is 0.436. The van der Waals surface area contributed by atoms with E-state index in [0.29, 0.717) is 13.2 Å². The molecule has 2 aromatic rings. The fourth-order valence-corrected chi connectivity index (χ4v) is 2.15. The number of hydrogen-bond acceptors (Lipinski definition) is 3. The molecule has 2 N–H and O–H groups in total. The van der Waals surface area contributed by atoms with Gasteiger partial charge in [0.25, 0.3) is 0 Å². The summed E-state index contributed by atoms with van der Waals surface area (Å²) in [4.78, 5) is 0. The Bertz CT molecular complexity index is 585. The third kappa shape index (κ3) is 2.82. The number of nitrogens with two attached hydrogens (primary N) is 1. The van der Waals surface area contributed by atoms with Crippen LogP contribution >= 0.6 is 0 Å². The van der Waals surface area contributed by atoms with Gasteiger partial charge in [0.15, 0.2) is 0 Å². The number of ether oxygens (including phenoxy) is 1. The first-order valence-electron chi connectivity index (χ1n) is 6.50. The molecule has 0 fully saturated rings. The van der Waals surface area contributed by atoms with Crippen molar-refractivity contribution < 1.29 is 9.15 Å². The van der Waals surface area contributed by atoms with Crippen LogP contribution in [0.2, 0.25) is 0 Å². The van der Waals surface area contributed by atoms with Gasteiger partial charge in [-0.15, -0.1) is 0 Å².